The third-order valence-electron chi connectivity index (χ3n) is 4.27. The smallest absolute Gasteiger partial charge is 0.306 e. The SMILES string of the molecule is Cn1ccc2ccc(C(=O)N3CCC(C(=O)O)CC3)cc21. The summed E-state index contributed by atoms with van der Waals surface area (Å²) in [5.41, 5.74) is 1.69. The van der Waals surface area contributed by atoms with Crippen molar-refractivity contribution in [2.24, 2.45) is 13.0 Å². The number of carbonyl (C=O) groups is 2. The molecule has 0 atom stereocenters. The molecule has 0 saturated carbocycles. The van der Waals surface area contributed by atoms with E-state index in [0.29, 0.717) is 31.5 Å². The monoisotopic (exact) mass is 286 g/mol. The van der Waals surface area contributed by atoms with Gasteiger partial charge in [0.25, 0.3) is 5.91 Å². The Balaban J connectivity index is 1.78. The Hall–Kier alpha value is -2.30. The standard InChI is InChI=1S/C16H18N2O3/c1-17-7-4-11-2-3-13(10-14(11)17)15(19)18-8-5-12(6-9-18)16(20)21/h2-4,7,10,12H,5-6,8-9H2,1H3,(H,20,21). The average molecular weight is 286 g/mol. The third-order valence-corrected chi connectivity index (χ3v) is 4.27. The van der Waals surface area contributed by atoms with Gasteiger partial charge in [-0.1, -0.05) is 6.07 Å². The Bertz CT molecular complexity index is 697. The number of hydrogen-bond donors (Lipinski definition) is 1. The molecule has 1 amide bonds. The molecule has 5 nitrogen and oxygen atoms in total. The van der Waals surface area contributed by atoms with Gasteiger partial charge in [0.1, 0.15) is 0 Å². The second-order valence-corrected chi connectivity index (χ2v) is 5.60. The predicted octanol–water partition coefficient (Wildman–Crippen LogP) is 2.12. The minimum atomic E-state index is -0.757. The average Bonchev–Trinajstić information content (AvgIpc) is 2.87. The highest BCUT2D eigenvalue weighted by atomic mass is 16.4. The molecule has 2 aromatic rings. The maximum Gasteiger partial charge on any atom is 0.306 e. The summed E-state index contributed by atoms with van der Waals surface area (Å²) in [5.74, 6) is -1.08. The molecule has 1 aromatic carbocycles. The lowest BCUT2D eigenvalue weighted by Gasteiger charge is -2.30. The molecular weight excluding hydrogens is 268 g/mol. The van der Waals surface area contributed by atoms with Crippen LogP contribution >= 0.6 is 0 Å². The number of aromatic nitrogens is 1. The second kappa shape index (κ2) is 5.24. The molecule has 1 aromatic heterocycles. The molecule has 3 rings (SSSR count). The predicted molar refractivity (Wildman–Crippen MR) is 79.2 cm³/mol. The lowest BCUT2D eigenvalue weighted by molar-refractivity contribution is -0.143. The molecule has 21 heavy (non-hydrogen) atoms. The van der Waals surface area contributed by atoms with Gasteiger partial charge in [-0.15, -0.1) is 0 Å². The normalized spacial score (nSPS) is 16.3. The van der Waals surface area contributed by atoms with E-state index in [2.05, 4.69) is 0 Å². The van der Waals surface area contributed by atoms with Gasteiger partial charge >= 0.3 is 5.97 Å². The third kappa shape index (κ3) is 2.51. The number of piperidine rings is 1. The highest BCUT2D eigenvalue weighted by Crippen LogP contribution is 2.21. The quantitative estimate of drug-likeness (QED) is 0.919. The zero-order valence-corrected chi connectivity index (χ0v) is 12.0. The Morgan fingerprint density at radius 1 is 1.19 bits per heavy atom. The highest BCUT2D eigenvalue weighted by molar-refractivity contribution is 5.98. The number of carboxylic acids is 1. The van der Waals surface area contributed by atoms with Gasteiger partial charge in [-0.2, -0.15) is 0 Å². The van der Waals surface area contributed by atoms with E-state index in [1.165, 1.54) is 0 Å². The summed E-state index contributed by atoms with van der Waals surface area (Å²) in [6.45, 7) is 1.03. The Labute approximate surface area is 122 Å². The number of amides is 1. The van der Waals surface area contributed by atoms with Crippen molar-refractivity contribution in [2.75, 3.05) is 13.1 Å². The molecule has 1 saturated heterocycles. The molecule has 0 aliphatic carbocycles. The second-order valence-electron chi connectivity index (χ2n) is 5.60. The molecule has 110 valence electrons. The molecule has 1 fully saturated rings. The van der Waals surface area contributed by atoms with E-state index in [-0.39, 0.29) is 11.8 Å². The van der Waals surface area contributed by atoms with Gasteiger partial charge in [0, 0.05) is 37.4 Å². The number of rotatable bonds is 2. The maximum absolute atomic E-state index is 12.5. The van der Waals surface area contributed by atoms with Crippen molar-refractivity contribution >= 4 is 22.8 Å². The Morgan fingerprint density at radius 3 is 2.57 bits per heavy atom. The number of benzene rings is 1. The number of aliphatic carboxylic acids is 1. The van der Waals surface area contributed by atoms with Gasteiger partial charge in [0.05, 0.1) is 5.92 Å². The number of fused-ring (bicyclic) bond motifs is 1. The Morgan fingerprint density at radius 2 is 1.90 bits per heavy atom. The van der Waals surface area contributed by atoms with Gasteiger partial charge in [-0.25, -0.2) is 0 Å². The first-order chi connectivity index (χ1) is 10.1. The van der Waals surface area contributed by atoms with Crippen molar-refractivity contribution in [1.29, 1.82) is 0 Å². The van der Waals surface area contributed by atoms with Crippen LogP contribution in [-0.4, -0.2) is 39.5 Å². The maximum atomic E-state index is 12.5. The van der Waals surface area contributed by atoms with E-state index in [1.807, 2.05) is 42.1 Å². The van der Waals surface area contributed by atoms with Crippen LogP contribution in [0.3, 0.4) is 0 Å². The van der Waals surface area contributed by atoms with Crippen LogP contribution in [0.5, 0.6) is 0 Å². The van der Waals surface area contributed by atoms with E-state index in [0.717, 1.165) is 10.9 Å². The van der Waals surface area contributed by atoms with Crippen molar-refractivity contribution in [3.63, 3.8) is 0 Å². The van der Waals surface area contributed by atoms with Crippen LogP contribution in [0, 0.1) is 5.92 Å². The van der Waals surface area contributed by atoms with E-state index in [1.54, 1.807) is 4.90 Å². The number of carbonyl (C=O) groups excluding carboxylic acids is 1. The van der Waals surface area contributed by atoms with E-state index in [4.69, 9.17) is 5.11 Å². The fraction of sp³-hybridized carbons (Fsp3) is 0.375. The zero-order valence-electron chi connectivity index (χ0n) is 12.0. The molecule has 1 N–H and O–H groups in total. The summed E-state index contributed by atoms with van der Waals surface area (Å²) in [6.07, 6.45) is 3.04. The van der Waals surface area contributed by atoms with Gasteiger partial charge in [-0.3, -0.25) is 9.59 Å². The van der Waals surface area contributed by atoms with Gasteiger partial charge in [0.15, 0.2) is 0 Å². The van der Waals surface area contributed by atoms with E-state index >= 15 is 0 Å². The largest absolute Gasteiger partial charge is 0.481 e. The van der Waals surface area contributed by atoms with E-state index in [9.17, 15) is 9.59 Å². The summed E-state index contributed by atoms with van der Waals surface area (Å²) in [5, 5.41) is 10.1. The molecule has 5 heteroatoms. The number of likely N-dealkylation sites (tertiary alicyclic amines) is 1. The fourth-order valence-electron chi connectivity index (χ4n) is 2.91. The van der Waals surface area contributed by atoms with Crippen LogP contribution < -0.4 is 0 Å². The van der Waals surface area contributed by atoms with Crippen LogP contribution in [0.2, 0.25) is 0 Å². The molecular formula is C16H18N2O3. The fourth-order valence-corrected chi connectivity index (χ4v) is 2.91. The molecule has 1 aliphatic rings. The lowest BCUT2D eigenvalue weighted by Crippen LogP contribution is -2.40. The summed E-state index contributed by atoms with van der Waals surface area (Å²) in [7, 11) is 1.95. The minimum absolute atomic E-state index is 0.0121. The van der Waals surface area contributed by atoms with Crippen molar-refractivity contribution in [3.8, 4) is 0 Å². The number of nitrogens with zero attached hydrogens (tertiary/aromatic N) is 2. The zero-order chi connectivity index (χ0) is 15.0. The van der Waals surface area contributed by atoms with Crippen LogP contribution in [0.4, 0.5) is 0 Å². The topological polar surface area (TPSA) is 62.5 Å². The Kier molecular flexibility index (Phi) is 3.41. The van der Waals surface area contributed by atoms with E-state index < -0.39 is 5.97 Å². The first-order valence-corrected chi connectivity index (χ1v) is 7.13. The molecule has 1 aliphatic heterocycles. The van der Waals surface area contributed by atoms with Crippen molar-refractivity contribution in [1.82, 2.24) is 9.47 Å². The molecule has 0 unspecified atom stereocenters. The van der Waals surface area contributed by atoms with Crippen molar-refractivity contribution in [3.05, 3.63) is 36.0 Å². The van der Waals surface area contributed by atoms with Crippen LogP contribution in [0.15, 0.2) is 30.5 Å². The number of carboxylic acid groups (broad SMARTS) is 1. The number of hydrogen-bond acceptors (Lipinski definition) is 2. The summed E-state index contributed by atoms with van der Waals surface area (Å²) in [4.78, 5) is 25.2. The summed E-state index contributed by atoms with van der Waals surface area (Å²) >= 11 is 0. The van der Waals surface area contributed by atoms with Gasteiger partial charge in [-0.05, 0) is 36.4 Å². The van der Waals surface area contributed by atoms with Gasteiger partial charge in [0.2, 0.25) is 0 Å². The molecule has 0 spiro atoms. The van der Waals surface area contributed by atoms with Crippen molar-refractivity contribution in [2.45, 2.75) is 12.8 Å². The highest BCUT2D eigenvalue weighted by Gasteiger charge is 2.27. The van der Waals surface area contributed by atoms with Crippen LogP contribution in [-0.2, 0) is 11.8 Å². The molecule has 0 radical (unpaired) electrons. The summed E-state index contributed by atoms with van der Waals surface area (Å²) < 4.78 is 1.99. The molecule has 0 bridgehead atoms. The molecule has 2 heterocycles. The van der Waals surface area contributed by atoms with Crippen LogP contribution in [0.1, 0.15) is 23.2 Å². The van der Waals surface area contributed by atoms with Gasteiger partial charge < -0.3 is 14.6 Å². The van der Waals surface area contributed by atoms with Crippen molar-refractivity contribution < 1.29 is 14.7 Å². The minimum Gasteiger partial charge on any atom is -0.481 e. The first kappa shape index (κ1) is 13.7. The number of aryl methyl sites for hydroxylation is 1. The summed E-state index contributed by atoms with van der Waals surface area (Å²) in [6, 6.07) is 7.71. The van der Waals surface area contributed by atoms with Crippen LogP contribution in [0.25, 0.3) is 10.9 Å². The first-order valence-electron chi connectivity index (χ1n) is 7.13. The lowest BCUT2D eigenvalue weighted by atomic mass is 9.96.